The molecule has 1 atom stereocenters. The van der Waals surface area contributed by atoms with Gasteiger partial charge in [0.25, 0.3) is 5.69 Å². The molecule has 0 aliphatic rings. The van der Waals surface area contributed by atoms with Crippen molar-refractivity contribution >= 4 is 22.7 Å². The Morgan fingerprint density at radius 3 is 2.63 bits per heavy atom. The van der Waals surface area contributed by atoms with Gasteiger partial charge in [0.05, 0.1) is 11.0 Å². The Balaban J connectivity index is 2.30. The SMILES string of the molecule is Cc1ccc([N+](=O)[O-])c(NC(C)c2sccc2C)c1. The lowest BCUT2D eigenvalue weighted by molar-refractivity contribution is -0.384. The van der Waals surface area contributed by atoms with Gasteiger partial charge in [-0.2, -0.15) is 0 Å². The highest BCUT2D eigenvalue weighted by atomic mass is 32.1. The number of benzene rings is 1. The number of rotatable bonds is 4. The van der Waals surface area contributed by atoms with Gasteiger partial charge in [-0.3, -0.25) is 10.1 Å². The van der Waals surface area contributed by atoms with Crippen molar-refractivity contribution in [1.29, 1.82) is 0 Å². The summed E-state index contributed by atoms with van der Waals surface area (Å²) in [5, 5.41) is 16.3. The Kier molecular flexibility index (Phi) is 3.85. The third kappa shape index (κ3) is 2.93. The van der Waals surface area contributed by atoms with Crippen LogP contribution >= 0.6 is 11.3 Å². The third-order valence-electron chi connectivity index (χ3n) is 3.02. The summed E-state index contributed by atoms with van der Waals surface area (Å²) < 4.78 is 0. The van der Waals surface area contributed by atoms with Crippen molar-refractivity contribution in [3.05, 3.63) is 55.8 Å². The molecule has 5 heteroatoms. The first-order valence-electron chi connectivity index (χ1n) is 6.04. The summed E-state index contributed by atoms with van der Waals surface area (Å²) in [7, 11) is 0. The number of thiophene rings is 1. The van der Waals surface area contributed by atoms with E-state index in [0.717, 1.165) is 5.56 Å². The smallest absolute Gasteiger partial charge is 0.292 e. The number of nitro benzene ring substituents is 1. The highest BCUT2D eigenvalue weighted by molar-refractivity contribution is 7.10. The van der Waals surface area contributed by atoms with E-state index in [0.29, 0.717) is 5.69 Å². The molecule has 2 aromatic rings. The molecule has 0 spiro atoms. The second-order valence-corrected chi connectivity index (χ2v) is 5.56. The first-order chi connectivity index (χ1) is 8.99. The van der Waals surface area contributed by atoms with Gasteiger partial charge in [0, 0.05) is 10.9 Å². The van der Waals surface area contributed by atoms with Crippen LogP contribution in [0, 0.1) is 24.0 Å². The fourth-order valence-electron chi connectivity index (χ4n) is 2.05. The van der Waals surface area contributed by atoms with E-state index in [-0.39, 0.29) is 16.7 Å². The van der Waals surface area contributed by atoms with E-state index in [4.69, 9.17) is 0 Å². The van der Waals surface area contributed by atoms with Crippen LogP contribution in [0.3, 0.4) is 0 Å². The number of anilines is 1. The number of nitrogens with one attached hydrogen (secondary N) is 1. The van der Waals surface area contributed by atoms with Crippen LogP contribution in [-0.2, 0) is 0 Å². The molecule has 0 saturated heterocycles. The monoisotopic (exact) mass is 276 g/mol. The van der Waals surface area contributed by atoms with E-state index in [1.807, 2.05) is 25.3 Å². The van der Waals surface area contributed by atoms with Crippen molar-refractivity contribution in [3.63, 3.8) is 0 Å². The van der Waals surface area contributed by atoms with Gasteiger partial charge < -0.3 is 5.32 Å². The van der Waals surface area contributed by atoms with Gasteiger partial charge in [0.15, 0.2) is 0 Å². The maximum absolute atomic E-state index is 11.0. The highest BCUT2D eigenvalue weighted by Crippen LogP contribution is 2.31. The summed E-state index contributed by atoms with van der Waals surface area (Å²) >= 11 is 1.66. The van der Waals surface area contributed by atoms with E-state index in [1.54, 1.807) is 23.5 Å². The number of aryl methyl sites for hydroxylation is 2. The van der Waals surface area contributed by atoms with Crippen molar-refractivity contribution in [1.82, 2.24) is 0 Å². The second-order valence-electron chi connectivity index (χ2n) is 4.61. The van der Waals surface area contributed by atoms with Gasteiger partial charge in [-0.1, -0.05) is 6.07 Å². The molecule has 0 aliphatic carbocycles. The predicted molar refractivity (Wildman–Crippen MR) is 78.9 cm³/mol. The summed E-state index contributed by atoms with van der Waals surface area (Å²) in [5.41, 5.74) is 2.90. The maximum atomic E-state index is 11.0. The zero-order valence-electron chi connectivity index (χ0n) is 11.1. The molecule has 1 aromatic carbocycles. The molecule has 1 N–H and O–H groups in total. The Bertz CT molecular complexity index is 607. The standard InChI is InChI=1S/C14H16N2O2S/c1-9-4-5-13(16(17)18)12(8-9)15-11(3)14-10(2)6-7-19-14/h4-8,11,15H,1-3H3. The lowest BCUT2D eigenvalue weighted by atomic mass is 10.1. The minimum absolute atomic E-state index is 0.0560. The topological polar surface area (TPSA) is 55.2 Å². The lowest BCUT2D eigenvalue weighted by Gasteiger charge is -2.15. The quantitative estimate of drug-likeness (QED) is 0.663. The fraction of sp³-hybridized carbons (Fsp3) is 0.286. The Labute approximate surface area is 116 Å². The normalized spacial score (nSPS) is 12.2. The molecule has 4 nitrogen and oxygen atoms in total. The van der Waals surface area contributed by atoms with Crippen molar-refractivity contribution in [2.75, 3.05) is 5.32 Å². The Morgan fingerprint density at radius 2 is 2.05 bits per heavy atom. The van der Waals surface area contributed by atoms with E-state index >= 15 is 0 Å². The molecule has 1 heterocycles. The molecule has 0 bridgehead atoms. The average molecular weight is 276 g/mol. The fourth-order valence-corrected chi connectivity index (χ4v) is 2.99. The molecule has 100 valence electrons. The van der Waals surface area contributed by atoms with Crippen LogP contribution in [0.4, 0.5) is 11.4 Å². The van der Waals surface area contributed by atoms with Crippen molar-refractivity contribution in [3.8, 4) is 0 Å². The first kappa shape index (κ1) is 13.5. The van der Waals surface area contributed by atoms with Gasteiger partial charge in [-0.05, 0) is 49.4 Å². The van der Waals surface area contributed by atoms with Crippen LogP contribution in [0.5, 0.6) is 0 Å². The lowest BCUT2D eigenvalue weighted by Crippen LogP contribution is -2.08. The maximum Gasteiger partial charge on any atom is 0.292 e. The predicted octanol–water partition coefficient (Wildman–Crippen LogP) is 4.45. The van der Waals surface area contributed by atoms with Crippen LogP contribution < -0.4 is 5.32 Å². The number of hydrogen-bond acceptors (Lipinski definition) is 4. The molecular formula is C14H16N2O2S. The molecule has 1 aromatic heterocycles. The highest BCUT2D eigenvalue weighted by Gasteiger charge is 2.17. The molecule has 1 unspecified atom stereocenters. The van der Waals surface area contributed by atoms with Gasteiger partial charge in [-0.25, -0.2) is 0 Å². The van der Waals surface area contributed by atoms with E-state index in [9.17, 15) is 10.1 Å². The molecule has 0 amide bonds. The van der Waals surface area contributed by atoms with E-state index < -0.39 is 0 Å². The van der Waals surface area contributed by atoms with E-state index in [1.165, 1.54) is 10.4 Å². The van der Waals surface area contributed by atoms with Crippen molar-refractivity contribution < 1.29 is 4.92 Å². The number of hydrogen-bond donors (Lipinski definition) is 1. The van der Waals surface area contributed by atoms with E-state index in [2.05, 4.69) is 18.3 Å². The van der Waals surface area contributed by atoms with Gasteiger partial charge in [-0.15, -0.1) is 11.3 Å². The van der Waals surface area contributed by atoms with Crippen LogP contribution in [0.1, 0.15) is 29.0 Å². The van der Waals surface area contributed by atoms with Gasteiger partial charge in [0.1, 0.15) is 5.69 Å². The zero-order valence-corrected chi connectivity index (χ0v) is 12.0. The van der Waals surface area contributed by atoms with Crippen LogP contribution in [0.2, 0.25) is 0 Å². The van der Waals surface area contributed by atoms with Crippen LogP contribution in [-0.4, -0.2) is 4.92 Å². The molecule has 0 radical (unpaired) electrons. The van der Waals surface area contributed by atoms with Crippen LogP contribution in [0.25, 0.3) is 0 Å². The minimum atomic E-state index is -0.351. The van der Waals surface area contributed by atoms with Crippen molar-refractivity contribution in [2.24, 2.45) is 0 Å². The summed E-state index contributed by atoms with van der Waals surface area (Å²) in [4.78, 5) is 11.9. The summed E-state index contributed by atoms with van der Waals surface area (Å²) in [5.74, 6) is 0. The summed E-state index contributed by atoms with van der Waals surface area (Å²) in [6.07, 6.45) is 0. The molecule has 0 saturated carbocycles. The van der Waals surface area contributed by atoms with Gasteiger partial charge >= 0.3 is 0 Å². The molecular weight excluding hydrogens is 260 g/mol. The summed E-state index contributed by atoms with van der Waals surface area (Å²) in [6.45, 7) is 6.00. The minimum Gasteiger partial charge on any atom is -0.372 e. The average Bonchev–Trinajstić information content (AvgIpc) is 2.75. The molecule has 0 fully saturated rings. The third-order valence-corrected chi connectivity index (χ3v) is 4.22. The Morgan fingerprint density at radius 1 is 1.32 bits per heavy atom. The van der Waals surface area contributed by atoms with Gasteiger partial charge in [0.2, 0.25) is 0 Å². The largest absolute Gasteiger partial charge is 0.372 e. The summed E-state index contributed by atoms with van der Waals surface area (Å²) in [6, 6.07) is 7.23. The first-order valence-corrected chi connectivity index (χ1v) is 6.92. The number of nitrogens with zero attached hydrogens (tertiary/aromatic N) is 1. The van der Waals surface area contributed by atoms with Crippen LogP contribution in [0.15, 0.2) is 29.6 Å². The second kappa shape index (κ2) is 5.40. The molecule has 0 aliphatic heterocycles. The molecule has 2 rings (SSSR count). The number of nitro groups is 1. The Hall–Kier alpha value is -1.88. The molecule has 19 heavy (non-hydrogen) atoms. The van der Waals surface area contributed by atoms with Crippen molar-refractivity contribution in [2.45, 2.75) is 26.8 Å². The zero-order chi connectivity index (χ0) is 14.0.